The Balaban J connectivity index is 1.76. The molecule has 2 aliphatic carbocycles. The third kappa shape index (κ3) is 1.76. The van der Waals surface area contributed by atoms with Gasteiger partial charge in [0.2, 0.25) is 5.88 Å². The highest BCUT2D eigenvalue weighted by molar-refractivity contribution is 5.80. The van der Waals surface area contributed by atoms with E-state index in [1.54, 1.807) is 12.3 Å². The molecule has 1 aromatic heterocycles. The van der Waals surface area contributed by atoms with Gasteiger partial charge in [0.1, 0.15) is 5.60 Å². The molecule has 1 N–H and O–H groups in total. The molecule has 4 heteroatoms. The summed E-state index contributed by atoms with van der Waals surface area (Å²) in [4.78, 5) is 15.9. The second-order valence-electron chi connectivity index (χ2n) is 6.19. The van der Waals surface area contributed by atoms with Gasteiger partial charge in [-0.05, 0) is 44.2 Å². The summed E-state index contributed by atoms with van der Waals surface area (Å²) in [5.41, 5.74) is 1.80. The number of aromatic hydroxyl groups is 1. The zero-order valence-electron chi connectivity index (χ0n) is 10.8. The number of hydrogen-bond acceptors (Lipinski definition) is 4. The monoisotopic (exact) mass is 247 g/mol. The van der Waals surface area contributed by atoms with Gasteiger partial charge in [0, 0.05) is 18.2 Å². The van der Waals surface area contributed by atoms with Crippen LogP contribution in [0.15, 0.2) is 12.3 Å². The number of carbonyl (C=O) groups excluding carboxylic acids is 1. The maximum Gasteiger partial charge on any atom is 0.310 e. The molecule has 1 heterocycles. The first-order chi connectivity index (χ1) is 8.37. The van der Waals surface area contributed by atoms with Crippen LogP contribution in [0.4, 0.5) is 0 Å². The summed E-state index contributed by atoms with van der Waals surface area (Å²) >= 11 is 0. The van der Waals surface area contributed by atoms with Gasteiger partial charge in [-0.15, -0.1) is 0 Å². The van der Waals surface area contributed by atoms with Crippen molar-refractivity contribution in [2.45, 2.75) is 38.7 Å². The van der Waals surface area contributed by atoms with Crippen molar-refractivity contribution < 1.29 is 14.6 Å². The first kappa shape index (κ1) is 11.5. The lowest BCUT2D eigenvalue weighted by molar-refractivity contribution is -0.157. The molecular weight excluding hydrogens is 230 g/mol. The predicted octanol–water partition coefficient (Wildman–Crippen LogP) is 2.01. The van der Waals surface area contributed by atoms with Crippen molar-refractivity contribution >= 4 is 5.97 Å². The summed E-state index contributed by atoms with van der Waals surface area (Å²) in [6.45, 7) is 5.66. The fourth-order valence-corrected chi connectivity index (χ4v) is 2.97. The minimum atomic E-state index is -0.427. The Morgan fingerprint density at radius 2 is 2.22 bits per heavy atom. The van der Waals surface area contributed by atoms with E-state index in [1.807, 2.05) is 20.8 Å². The minimum absolute atomic E-state index is 0.0110. The Hall–Kier alpha value is -1.58. The molecule has 3 unspecified atom stereocenters. The average Bonchev–Trinajstić information content (AvgIpc) is 2.80. The Morgan fingerprint density at radius 1 is 1.50 bits per heavy atom. The lowest BCUT2D eigenvalue weighted by atomic mass is 10.0. The average molecular weight is 247 g/mol. The molecule has 0 aromatic carbocycles. The van der Waals surface area contributed by atoms with Gasteiger partial charge >= 0.3 is 5.97 Å². The van der Waals surface area contributed by atoms with Crippen molar-refractivity contribution in [2.75, 3.05) is 0 Å². The third-order valence-electron chi connectivity index (χ3n) is 3.67. The second-order valence-corrected chi connectivity index (χ2v) is 6.19. The molecule has 4 nitrogen and oxygen atoms in total. The Labute approximate surface area is 106 Å². The van der Waals surface area contributed by atoms with Gasteiger partial charge in [0.15, 0.2) is 0 Å². The number of ether oxygens (including phenoxy) is 1. The summed E-state index contributed by atoms with van der Waals surface area (Å²) in [6.07, 6.45) is 2.54. The van der Waals surface area contributed by atoms with E-state index >= 15 is 0 Å². The Bertz CT molecular complexity index is 518. The number of pyridine rings is 1. The van der Waals surface area contributed by atoms with E-state index < -0.39 is 5.60 Å². The van der Waals surface area contributed by atoms with E-state index in [1.165, 1.54) is 0 Å². The molecule has 0 spiro atoms. The molecule has 2 aliphatic rings. The van der Waals surface area contributed by atoms with Gasteiger partial charge in [-0.1, -0.05) is 0 Å². The SMILES string of the molecule is CC(C)(C)OC(=O)C1C2Cc3cc(O)ncc3C21. The van der Waals surface area contributed by atoms with Crippen molar-refractivity contribution in [3.63, 3.8) is 0 Å². The van der Waals surface area contributed by atoms with E-state index in [4.69, 9.17) is 4.74 Å². The highest BCUT2D eigenvalue weighted by Gasteiger charge is 2.60. The van der Waals surface area contributed by atoms with Crippen LogP contribution in [0, 0.1) is 11.8 Å². The summed E-state index contributed by atoms with van der Waals surface area (Å²) < 4.78 is 5.43. The van der Waals surface area contributed by atoms with Crippen LogP contribution >= 0.6 is 0 Å². The van der Waals surface area contributed by atoms with E-state index in [0.717, 1.165) is 17.5 Å². The molecule has 0 saturated heterocycles. The molecule has 0 aliphatic heterocycles. The van der Waals surface area contributed by atoms with E-state index in [9.17, 15) is 9.90 Å². The van der Waals surface area contributed by atoms with Crippen LogP contribution in [0.2, 0.25) is 0 Å². The van der Waals surface area contributed by atoms with Crippen molar-refractivity contribution in [1.82, 2.24) is 4.98 Å². The third-order valence-corrected chi connectivity index (χ3v) is 3.67. The second kappa shape index (κ2) is 3.46. The molecule has 0 bridgehead atoms. The molecule has 3 atom stereocenters. The molecule has 0 amide bonds. The summed E-state index contributed by atoms with van der Waals surface area (Å²) in [7, 11) is 0. The molecule has 18 heavy (non-hydrogen) atoms. The highest BCUT2D eigenvalue weighted by Crippen LogP contribution is 2.62. The van der Waals surface area contributed by atoms with Gasteiger partial charge < -0.3 is 9.84 Å². The van der Waals surface area contributed by atoms with Crippen molar-refractivity contribution in [3.8, 4) is 5.88 Å². The standard InChI is InChI=1S/C14H17NO3/c1-14(2,3)18-13(17)12-8-4-7-5-10(16)15-6-9(7)11(8)12/h5-6,8,11-12H,4H2,1-3H3,(H,15,16). The van der Waals surface area contributed by atoms with Crippen LogP contribution in [-0.4, -0.2) is 21.7 Å². The van der Waals surface area contributed by atoms with Crippen molar-refractivity contribution in [2.24, 2.45) is 11.8 Å². The topological polar surface area (TPSA) is 59.4 Å². The lowest BCUT2D eigenvalue weighted by Gasteiger charge is -2.20. The number of fused-ring (bicyclic) bond motifs is 3. The number of nitrogens with zero attached hydrogens (tertiary/aromatic N) is 1. The van der Waals surface area contributed by atoms with E-state index in [2.05, 4.69) is 4.98 Å². The Kier molecular flexibility index (Phi) is 2.22. The minimum Gasteiger partial charge on any atom is -0.493 e. The van der Waals surface area contributed by atoms with Crippen LogP contribution in [0.5, 0.6) is 5.88 Å². The van der Waals surface area contributed by atoms with Gasteiger partial charge in [-0.2, -0.15) is 0 Å². The number of carbonyl (C=O) groups is 1. The molecule has 1 fully saturated rings. The quantitative estimate of drug-likeness (QED) is 0.771. The largest absolute Gasteiger partial charge is 0.493 e. The first-order valence-corrected chi connectivity index (χ1v) is 6.27. The summed E-state index contributed by atoms with van der Waals surface area (Å²) in [6, 6.07) is 1.70. The molecule has 0 radical (unpaired) electrons. The van der Waals surface area contributed by atoms with E-state index in [-0.39, 0.29) is 23.7 Å². The molecule has 1 saturated carbocycles. The van der Waals surface area contributed by atoms with Crippen molar-refractivity contribution in [1.29, 1.82) is 0 Å². The Morgan fingerprint density at radius 3 is 2.89 bits per heavy atom. The van der Waals surface area contributed by atoms with Crippen molar-refractivity contribution in [3.05, 3.63) is 23.4 Å². The van der Waals surface area contributed by atoms with Gasteiger partial charge in [0.25, 0.3) is 0 Å². The van der Waals surface area contributed by atoms with Crippen LogP contribution < -0.4 is 0 Å². The number of rotatable bonds is 1. The summed E-state index contributed by atoms with van der Waals surface area (Å²) in [5, 5.41) is 9.32. The lowest BCUT2D eigenvalue weighted by Crippen LogP contribution is -2.26. The van der Waals surface area contributed by atoms with Gasteiger partial charge in [-0.25, -0.2) is 4.98 Å². The molecular formula is C14H17NO3. The fraction of sp³-hybridized carbons (Fsp3) is 0.571. The molecule has 96 valence electrons. The maximum atomic E-state index is 12.0. The van der Waals surface area contributed by atoms with Gasteiger partial charge in [0.05, 0.1) is 5.92 Å². The fourth-order valence-electron chi connectivity index (χ4n) is 2.97. The normalized spacial score (nSPS) is 28.5. The predicted molar refractivity (Wildman–Crippen MR) is 65.2 cm³/mol. The number of esters is 1. The van der Waals surface area contributed by atoms with E-state index in [0.29, 0.717) is 5.92 Å². The van der Waals surface area contributed by atoms with Gasteiger partial charge in [-0.3, -0.25) is 4.79 Å². The van der Waals surface area contributed by atoms with Crippen LogP contribution in [0.3, 0.4) is 0 Å². The summed E-state index contributed by atoms with van der Waals surface area (Å²) in [5.74, 6) is 0.546. The van der Waals surface area contributed by atoms with Crippen LogP contribution in [0.1, 0.15) is 37.8 Å². The molecule has 3 rings (SSSR count). The number of hydrogen-bond donors (Lipinski definition) is 1. The zero-order valence-corrected chi connectivity index (χ0v) is 10.8. The zero-order chi connectivity index (χ0) is 13.1. The smallest absolute Gasteiger partial charge is 0.310 e. The maximum absolute atomic E-state index is 12.0. The van der Waals surface area contributed by atoms with Crippen LogP contribution in [-0.2, 0) is 16.0 Å². The molecule has 1 aromatic rings. The van der Waals surface area contributed by atoms with Crippen LogP contribution in [0.25, 0.3) is 0 Å². The number of aromatic nitrogens is 1. The highest BCUT2D eigenvalue weighted by atomic mass is 16.6. The first-order valence-electron chi connectivity index (χ1n) is 6.27.